The Morgan fingerprint density at radius 2 is 2.09 bits per heavy atom. The molecule has 1 aromatic rings. The first kappa shape index (κ1) is 7.11. The van der Waals surface area contributed by atoms with E-state index in [9.17, 15) is 0 Å². The third-order valence-electron chi connectivity index (χ3n) is 2.74. The predicted molar refractivity (Wildman–Crippen MR) is 51.0 cm³/mol. The highest BCUT2D eigenvalue weighted by Gasteiger charge is 2.23. The summed E-state index contributed by atoms with van der Waals surface area (Å²) in [4.78, 5) is 1.51. The Morgan fingerprint density at radius 1 is 1.36 bits per heavy atom. The van der Waals surface area contributed by atoms with Crippen molar-refractivity contribution in [2.75, 3.05) is 0 Å². The van der Waals surface area contributed by atoms with Gasteiger partial charge in [-0.2, -0.15) is 0 Å². The maximum atomic E-state index is 2.29. The maximum Gasteiger partial charge on any atom is 0.0337 e. The highest BCUT2D eigenvalue weighted by Crippen LogP contribution is 2.43. The van der Waals surface area contributed by atoms with Gasteiger partial charge >= 0.3 is 0 Å². The van der Waals surface area contributed by atoms with E-state index in [0.29, 0.717) is 5.92 Å². The van der Waals surface area contributed by atoms with Crippen LogP contribution in [0.2, 0.25) is 0 Å². The largest absolute Gasteiger partial charge is 0.144 e. The van der Waals surface area contributed by atoms with Crippen molar-refractivity contribution in [2.24, 2.45) is 0 Å². The molecule has 0 saturated carbocycles. The molecule has 1 heteroatoms. The number of rotatable bonds is 0. The van der Waals surface area contributed by atoms with Gasteiger partial charge in [-0.25, -0.2) is 0 Å². The lowest BCUT2D eigenvalue weighted by molar-refractivity contribution is 0.923. The van der Waals surface area contributed by atoms with Gasteiger partial charge in [0.1, 0.15) is 0 Å². The molecular formula is C10H12S. The van der Waals surface area contributed by atoms with E-state index >= 15 is 0 Å². The quantitative estimate of drug-likeness (QED) is 0.549. The summed E-state index contributed by atoms with van der Waals surface area (Å²) in [6.07, 6.45) is 0. The Morgan fingerprint density at radius 3 is 2.73 bits per heavy atom. The Balaban J connectivity index is 2.64. The van der Waals surface area contributed by atoms with E-state index in [4.69, 9.17) is 0 Å². The van der Waals surface area contributed by atoms with Gasteiger partial charge in [0.2, 0.25) is 0 Å². The van der Waals surface area contributed by atoms with Crippen LogP contribution in [0, 0.1) is 0 Å². The Hall–Kier alpha value is -0.560. The van der Waals surface area contributed by atoms with Crippen LogP contribution in [-0.2, 0) is 0 Å². The van der Waals surface area contributed by atoms with Crippen LogP contribution < -0.4 is 0 Å². The molecule has 58 valence electrons. The van der Waals surface area contributed by atoms with Crippen LogP contribution in [0.1, 0.15) is 37.1 Å². The third-order valence-corrected chi connectivity index (χ3v) is 3.79. The fourth-order valence-corrected chi connectivity index (χ4v) is 2.77. The molecule has 0 bridgehead atoms. The number of hydrogen-bond acceptors (Lipinski definition) is 1. The summed E-state index contributed by atoms with van der Waals surface area (Å²) in [5.41, 5.74) is 4.58. The van der Waals surface area contributed by atoms with Crippen LogP contribution in [0.3, 0.4) is 0 Å². The summed E-state index contributed by atoms with van der Waals surface area (Å²) in [5, 5.41) is 2.19. The molecule has 1 atom stereocenters. The van der Waals surface area contributed by atoms with E-state index in [-0.39, 0.29) is 0 Å². The summed E-state index contributed by atoms with van der Waals surface area (Å²) in [6, 6.07) is 2.25. The molecule has 0 fully saturated rings. The van der Waals surface area contributed by atoms with Gasteiger partial charge in [-0.1, -0.05) is 12.5 Å². The highest BCUT2D eigenvalue weighted by atomic mass is 32.1. The lowest BCUT2D eigenvalue weighted by Crippen LogP contribution is -1.86. The molecule has 1 unspecified atom stereocenters. The van der Waals surface area contributed by atoms with Crippen molar-refractivity contribution in [3.8, 4) is 0 Å². The summed E-state index contributed by atoms with van der Waals surface area (Å²) in [6.45, 7) is 6.76. The average molecular weight is 164 g/mol. The molecule has 1 heterocycles. The van der Waals surface area contributed by atoms with Crippen molar-refractivity contribution in [1.82, 2.24) is 0 Å². The fourth-order valence-electron chi connectivity index (χ4n) is 1.70. The molecule has 0 N–H and O–H groups in total. The van der Waals surface area contributed by atoms with E-state index < -0.39 is 0 Å². The minimum absolute atomic E-state index is 0.663. The molecule has 0 aromatic carbocycles. The molecule has 0 amide bonds. The van der Waals surface area contributed by atoms with E-state index in [0.717, 1.165) is 0 Å². The first-order valence-corrected chi connectivity index (χ1v) is 4.85. The molecule has 0 aliphatic heterocycles. The van der Waals surface area contributed by atoms with Crippen LogP contribution in [0.25, 0.3) is 5.57 Å². The standard InChI is InChI=1S/C10H12S/c1-6-7(2)9-4-5-11-10(9)8(6)3/h4-5,7H,1-3H3. The molecule has 1 aromatic heterocycles. The zero-order valence-corrected chi connectivity index (χ0v) is 7.96. The van der Waals surface area contributed by atoms with Gasteiger partial charge in [0.15, 0.2) is 0 Å². The van der Waals surface area contributed by atoms with E-state index in [1.807, 2.05) is 11.3 Å². The zero-order chi connectivity index (χ0) is 8.01. The fraction of sp³-hybridized carbons (Fsp3) is 0.400. The molecule has 1 aliphatic carbocycles. The minimum atomic E-state index is 0.663. The van der Waals surface area contributed by atoms with Crippen LogP contribution in [-0.4, -0.2) is 0 Å². The molecule has 1 aliphatic rings. The van der Waals surface area contributed by atoms with Gasteiger partial charge in [0.05, 0.1) is 0 Å². The van der Waals surface area contributed by atoms with Crippen molar-refractivity contribution in [2.45, 2.75) is 26.7 Å². The van der Waals surface area contributed by atoms with Crippen LogP contribution in [0.4, 0.5) is 0 Å². The second-order valence-electron chi connectivity index (χ2n) is 3.23. The molecule has 2 rings (SSSR count). The van der Waals surface area contributed by atoms with E-state index in [2.05, 4.69) is 32.2 Å². The molecule has 11 heavy (non-hydrogen) atoms. The van der Waals surface area contributed by atoms with Gasteiger partial charge in [0.25, 0.3) is 0 Å². The van der Waals surface area contributed by atoms with Gasteiger partial charge in [-0.15, -0.1) is 11.3 Å². The van der Waals surface area contributed by atoms with Gasteiger partial charge in [-0.3, -0.25) is 0 Å². The first-order chi connectivity index (χ1) is 5.22. The lowest BCUT2D eigenvalue weighted by Gasteiger charge is -2.03. The van der Waals surface area contributed by atoms with Crippen molar-refractivity contribution < 1.29 is 0 Å². The molecular weight excluding hydrogens is 152 g/mol. The van der Waals surface area contributed by atoms with Crippen molar-refractivity contribution >= 4 is 16.9 Å². The molecule has 0 nitrogen and oxygen atoms in total. The molecule has 0 saturated heterocycles. The number of hydrogen-bond donors (Lipinski definition) is 0. The van der Waals surface area contributed by atoms with Crippen molar-refractivity contribution in [1.29, 1.82) is 0 Å². The average Bonchev–Trinajstić information content (AvgIpc) is 2.53. The minimum Gasteiger partial charge on any atom is -0.144 e. The smallest absolute Gasteiger partial charge is 0.0337 e. The topological polar surface area (TPSA) is 0 Å². The SMILES string of the molecule is CC1=C(C)C(C)c2ccsc21. The summed E-state index contributed by atoms with van der Waals surface area (Å²) in [5.74, 6) is 0.663. The number of allylic oxidation sites excluding steroid dienone is 2. The number of thiophene rings is 1. The first-order valence-electron chi connectivity index (χ1n) is 3.97. The lowest BCUT2D eigenvalue weighted by atomic mass is 10.0. The van der Waals surface area contributed by atoms with Gasteiger partial charge in [0, 0.05) is 10.8 Å². The summed E-state index contributed by atoms with van der Waals surface area (Å²) < 4.78 is 0. The maximum absolute atomic E-state index is 2.29. The summed E-state index contributed by atoms with van der Waals surface area (Å²) >= 11 is 1.87. The monoisotopic (exact) mass is 164 g/mol. The van der Waals surface area contributed by atoms with Gasteiger partial charge in [-0.05, 0) is 36.4 Å². The van der Waals surface area contributed by atoms with E-state index in [1.54, 1.807) is 5.57 Å². The third kappa shape index (κ3) is 0.807. The van der Waals surface area contributed by atoms with Crippen LogP contribution in [0.5, 0.6) is 0 Å². The van der Waals surface area contributed by atoms with Gasteiger partial charge < -0.3 is 0 Å². The normalized spacial score (nSPS) is 22.6. The van der Waals surface area contributed by atoms with Crippen LogP contribution in [0.15, 0.2) is 17.0 Å². The van der Waals surface area contributed by atoms with E-state index in [1.165, 1.54) is 16.0 Å². The number of fused-ring (bicyclic) bond motifs is 1. The predicted octanol–water partition coefficient (Wildman–Crippen LogP) is 3.66. The summed E-state index contributed by atoms with van der Waals surface area (Å²) in [7, 11) is 0. The van der Waals surface area contributed by atoms with Crippen molar-refractivity contribution in [3.63, 3.8) is 0 Å². The van der Waals surface area contributed by atoms with Crippen LogP contribution >= 0.6 is 11.3 Å². The Labute approximate surface area is 71.6 Å². The molecule has 0 spiro atoms. The molecule has 0 radical (unpaired) electrons. The second kappa shape index (κ2) is 2.21. The van der Waals surface area contributed by atoms with Crippen molar-refractivity contribution in [3.05, 3.63) is 27.5 Å². The Kier molecular flexibility index (Phi) is 1.43. The zero-order valence-electron chi connectivity index (χ0n) is 7.14. The highest BCUT2D eigenvalue weighted by molar-refractivity contribution is 7.11. The second-order valence-corrected chi connectivity index (χ2v) is 4.15. The Bertz CT molecular complexity index is 317.